The highest BCUT2D eigenvalue weighted by molar-refractivity contribution is 8.18. The number of fused-ring (bicyclic) bond motifs is 1. The van der Waals surface area contributed by atoms with Gasteiger partial charge in [-0.05, 0) is 64.0 Å². The zero-order chi connectivity index (χ0) is 25.1. The highest BCUT2D eigenvalue weighted by Gasteiger charge is 2.25. The fraction of sp³-hybridized carbons (Fsp3) is 0.0370. The van der Waals surface area contributed by atoms with Gasteiger partial charge in [0, 0.05) is 11.1 Å². The third kappa shape index (κ3) is 5.25. The van der Waals surface area contributed by atoms with Gasteiger partial charge in [-0.1, -0.05) is 66.2 Å². The minimum Gasteiger partial charge on any atom is -0.489 e. The van der Waals surface area contributed by atoms with E-state index in [0.717, 1.165) is 33.7 Å². The minimum absolute atomic E-state index is 0.109. The number of nitro benzene ring substituents is 1. The molecule has 4 aromatic rings. The van der Waals surface area contributed by atoms with Gasteiger partial charge in [0.05, 0.1) is 9.83 Å². The minimum atomic E-state index is -0.562. The Hall–Kier alpha value is -4.14. The first kappa shape index (κ1) is 23.6. The molecule has 0 aromatic heterocycles. The highest BCUT2D eigenvalue weighted by atomic mass is 35.5. The average molecular weight is 516 g/mol. The molecular weight excluding hydrogens is 498 g/mol. The van der Waals surface area contributed by atoms with Gasteiger partial charge in [-0.2, -0.15) is 0 Å². The molecule has 4 aromatic carbocycles. The van der Waals surface area contributed by atoms with Gasteiger partial charge in [-0.3, -0.25) is 14.9 Å². The van der Waals surface area contributed by atoms with Crippen molar-refractivity contribution in [2.45, 2.75) is 6.61 Å². The van der Waals surface area contributed by atoms with Crippen LogP contribution in [0.2, 0.25) is 5.02 Å². The van der Waals surface area contributed by atoms with Crippen LogP contribution in [0.3, 0.4) is 0 Å². The van der Waals surface area contributed by atoms with E-state index in [4.69, 9.17) is 16.3 Å². The van der Waals surface area contributed by atoms with Crippen LogP contribution in [0.1, 0.15) is 11.1 Å². The number of carbonyl (C=O) groups excluding carboxylic acids is 1. The van der Waals surface area contributed by atoms with Gasteiger partial charge >= 0.3 is 0 Å². The Kier molecular flexibility index (Phi) is 6.71. The van der Waals surface area contributed by atoms with Gasteiger partial charge in [0.25, 0.3) is 11.6 Å². The number of carbonyl (C=O) groups is 1. The second-order valence-electron chi connectivity index (χ2n) is 7.87. The van der Waals surface area contributed by atoms with E-state index in [0.29, 0.717) is 17.3 Å². The molecule has 0 unspecified atom stereocenters. The maximum Gasteiger partial charge on any atom is 0.296 e. The predicted octanol–water partition coefficient (Wildman–Crippen LogP) is 6.87. The number of ether oxygens (including phenoxy) is 1. The average Bonchev–Trinajstić information content (AvgIpc) is 3.22. The normalized spacial score (nSPS) is 15.4. The quantitative estimate of drug-likeness (QED) is 0.172. The number of halogens is 1. The Morgan fingerprint density at radius 3 is 2.69 bits per heavy atom. The summed E-state index contributed by atoms with van der Waals surface area (Å²) in [4.78, 5) is 27.9. The SMILES string of the molecule is O=C1NC(=Nc2ccc(Cl)cc2[N+](=O)[O-])S/C1=C/c1cccc(OCc2cccc3ccccc23)c1. The number of amides is 1. The van der Waals surface area contributed by atoms with Crippen LogP contribution in [0, 0.1) is 10.1 Å². The molecule has 0 spiro atoms. The van der Waals surface area contributed by atoms with Crippen LogP contribution >= 0.6 is 23.4 Å². The topological polar surface area (TPSA) is 93.8 Å². The Morgan fingerprint density at radius 2 is 1.83 bits per heavy atom. The summed E-state index contributed by atoms with van der Waals surface area (Å²) >= 11 is 6.97. The summed E-state index contributed by atoms with van der Waals surface area (Å²) in [6.07, 6.45) is 1.73. The Balaban J connectivity index is 1.33. The molecule has 1 aliphatic heterocycles. The largest absolute Gasteiger partial charge is 0.489 e. The van der Waals surface area contributed by atoms with Crippen molar-refractivity contribution in [2.24, 2.45) is 4.99 Å². The molecule has 0 bridgehead atoms. The van der Waals surface area contributed by atoms with Gasteiger partial charge in [-0.25, -0.2) is 4.99 Å². The fourth-order valence-corrected chi connectivity index (χ4v) is 4.75. The molecule has 9 heteroatoms. The molecule has 0 aliphatic carbocycles. The summed E-state index contributed by atoms with van der Waals surface area (Å²) in [5.74, 6) is 0.337. The lowest BCUT2D eigenvalue weighted by Gasteiger charge is -2.09. The first-order valence-electron chi connectivity index (χ1n) is 10.9. The van der Waals surface area contributed by atoms with Crippen molar-refractivity contribution < 1.29 is 14.5 Å². The summed E-state index contributed by atoms with van der Waals surface area (Å²) in [6, 6.07) is 25.9. The summed E-state index contributed by atoms with van der Waals surface area (Å²) in [7, 11) is 0. The number of benzene rings is 4. The molecule has 1 saturated heterocycles. The molecule has 1 heterocycles. The Morgan fingerprint density at radius 1 is 1.03 bits per heavy atom. The highest BCUT2D eigenvalue weighted by Crippen LogP contribution is 2.34. The van der Waals surface area contributed by atoms with E-state index in [-0.39, 0.29) is 27.5 Å². The zero-order valence-corrected chi connectivity index (χ0v) is 20.3. The van der Waals surface area contributed by atoms with E-state index < -0.39 is 4.92 Å². The molecule has 36 heavy (non-hydrogen) atoms. The number of nitrogens with zero attached hydrogens (tertiary/aromatic N) is 2. The van der Waals surface area contributed by atoms with E-state index in [1.54, 1.807) is 6.08 Å². The van der Waals surface area contributed by atoms with Crippen LogP contribution in [0.5, 0.6) is 5.75 Å². The molecule has 178 valence electrons. The third-order valence-corrected chi connectivity index (χ3v) is 6.58. The molecule has 1 fully saturated rings. The zero-order valence-electron chi connectivity index (χ0n) is 18.7. The van der Waals surface area contributed by atoms with Crippen molar-refractivity contribution in [1.29, 1.82) is 0 Å². The fourth-order valence-electron chi connectivity index (χ4n) is 3.75. The van der Waals surface area contributed by atoms with E-state index >= 15 is 0 Å². The van der Waals surface area contributed by atoms with Gasteiger partial charge in [0.1, 0.15) is 18.0 Å². The van der Waals surface area contributed by atoms with E-state index in [1.165, 1.54) is 18.2 Å². The lowest BCUT2D eigenvalue weighted by Crippen LogP contribution is -2.19. The molecule has 0 radical (unpaired) electrons. The van der Waals surface area contributed by atoms with Crippen molar-refractivity contribution in [1.82, 2.24) is 5.32 Å². The summed E-state index contributed by atoms with van der Waals surface area (Å²) in [5, 5.41) is 16.8. The van der Waals surface area contributed by atoms with Gasteiger partial charge in [0.2, 0.25) is 0 Å². The molecule has 1 amide bonds. The first-order valence-corrected chi connectivity index (χ1v) is 12.1. The van der Waals surface area contributed by atoms with E-state index in [2.05, 4.69) is 28.5 Å². The summed E-state index contributed by atoms with van der Waals surface area (Å²) < 4.78 is 6.04. The van der Waals surface area contributed by atoms with Crippen LogP contribution in [0.4, 0.5) is 11.4 Å². The first-order chi connectivity index (χ1) is 17.5. The third-order valence-electron chi connectivity index (χ3n) is 5.44. The lowest BCUT2D eigenvalue weighted by atomic mass is 10.1. The van der Waals surface area contributed by atoms with Crippen LogP contribution in [0.25, 0.3) is 16.8 Å². The number of rotatable bonds is 6. The number of nitro groups is 1. The maximum atomic E-state index is 12.5. The Bertz CT molecular complexity index is 1560. The maximum absolute atomic E-state index is 12.5. The molecule has 0 saturated carbocycles. The number of nitrogens with one attached hydrogen (secondary N) is 1. The summed E-state index contributed by atoms with van der Waals surface area (Å²) in [6.45, 7) is 0.410. The lowest BCUT2D eigenvalue weighted by molar-refractivity contribution is -0.384. The van der Waals surface area contributed by atoms with Crippen molar-refractivity contribution in [3.8, 4) is 5.75 Å². The number of hydrogen-bond donors (Lipinski definition) is 1. The standard InChI is InChI=1S/C27H18ClN3O4S/c28-20-11-12-23(24(15-20)31(33)34)29-27-30-26(32)25(36-27)14-17-5-3-9-21(13-17)35-16-19-8-4-7-18-6-1-2-10-22(18)19/h1-15H,16H2,(H,29,30,32)/b25-14+. The second kappa shape index (κ2) is 10.2. The second-order valence-corrected chi connectivity index (χ2v) is 9.34. The number of aliphatic imine (C=N–C) groups is 1. The molecular formula is C27H18ClN3O4S. The van der Waals surface area contributed by atoms with Crippen LogP contribution < -0.4 is 10.1 Å². The number of thioether (sulfide) groups is 1. The van der Waals surface area contributed by atoms with Crippen molar-refractivity contribution >= 4 is 62.7 Å². The number of hydrogen-bond acceptors (Lipinski definition) is 6. The van der Waals surface area contributed by atoms with E-state index in [9.17, 15) is 14.9 Å². The van der Waals surface area contributed by atoms with Crippen molar-refractivity contribution in [2.75, 3.05) is 0 Å². The molecule has 1 N–H and O–H groups in total. The summed E-state index contributed by atoms with van der Waals surface area (Å²) in [5.41, 5.74) is 1.73. The number of amidine groups is 1. The van der Waals surface area contributed by atoms with Crippen LogP contribution in [-0.4, -0.2) is 16.0 Å². The monoisotopic (exact) mass is 515 g/mol. The van der Waals surface area contributed by atoms with E-state index in [1.807, 2.05) is 48.5 Å². The molecule has 5 rings (SSSR count). The predicted molar refractivity (Wildman–Crippen MR) is 144 cm³/mol. The smallest absolute Gasteiger partial charge is 0.296 e. The van der Waals surface area contributed by atoms with Crippen molar-refractivity contribution in [3.05, 3.63) is 116 Å². The van der Waals surface area contributed by atoms with Crippen molar-refractivity contribution in [3.63, 3.8) is 0 Å². The van der Waals surface area contributed by atoms with Gasteiger partial charge in [0.15, 0.2) is 5.17 Å². The van der Waals surface area contributed by atoms with Gasteiger partial charge in [-0.15, -0.1) is 0 Å². The Labute approximate surface area is 215 Å². The van der Waals surface area contributed by atoms with Crippen LogP contribution in [0.15, 0.2) is 94.8 Å². The molecule has 0 atom stereocenters. The molecule has 1 aliphatic rings. The van der Waals surface area contributed by atoms with Gasteiger partial charge < -0.3 is 10.1 Å². The molecule has 7 nitrogen and oxygen atoms in total. The van der Waals surface area contributed by atoms with Crippen LogP contribution in [-0.2, 0) is 11.4 Å².